The Morgan fingerprint density at radius 2 is 2.12 bits per heavy atom. The molecule has 1 N–H and O–H groups in total. The van der Waals surface area contributed by atoms with Gasteiger partial charge >= 0.3 is 0 Å². The number of benzene rings is 1. The number of hydrogen-bond acceptors (Lipinski definition) is 4. The van der Waals surface area contributed by atoms with Crippen molar-refractivity contribution in [1.82, 2.24) is 19.7 Å². The van der Waals surface area contributed by atoms with Gasteiger partial charge in [0.05, 0.1) is 11.0 Å². The van der Waals surface area contributed by atoms with Gasteiger partial charge in [0.25, 0.3) is 0 Å². The van der Waals surface area contributed by atoms with Crippen LogP contribution in [-0.2, 0) is 35.5 Å². The number of aromatic amines is 1. The lowest BCUT2D eigenvalue weighted by Gasteiger charge is -2.20. The van der Waals surface area contributed by atoms with Crippen molar-refractivity contribution in [2.75, 3.05) is 6.61 Å². The van der Waals surface area contributed by atoms with Crippen LogP contribution in [0.15, 0.2) is 12.1 Å². The lowest BCUT2D eigenvalue weighted by molar-refractivity contribution is -0.116. The first kappa shape index (κ1) is 22.5. The summed E-state index contributed by atoms with van der Waals surface area (Å²) in [4.78, 5) is 20.1. The smallest absolute Gasteiger partial charge is 0.159 e. The van der Waals surface area contributed by atoms with Crippen LogP contribution in [0.2, 0.25) is 25.7 Å². The van der Waals surface area contributed by atoms with Crippen molar-refractivity contribution in [2.24, 2.45) is 11.3 Å². The zero-order valence-electron chi connectivity index (χ0n) is 20.8. The van der Waals surface area contributed by atoms with E-state index in [0.29, 0.717) is 18.6 Å². The van der Waals surface area contributed by atoms with Crippen LogP contribution >= 0.6 is 0 Å². The molecular weight excluding hydrogens is 428 g/mol. The zero-order chi connectivity index (χ0) is 23.5. The fourth-order valence-corrected chi connectivity index (χ4v) is 5.98. The average Bonchev–Trinajstić information content (AvgIpc) is 3.02. The Morgan fingerprint density at radius 1 is 1.33 bits per heavy atom. The van der Waals surface area contributed by atoms with Crippen LogP contribution < -0.4 is 0 Å². The molecule has 0 spiro atoms. The lowest BCUT2D eigenvalue weighted by atomic mass is 9.87. The average molecular weight is 465 g/mol. The quantitative estimate of drug-likeness (QED) is 0.362. The number of aryl methyl sites for hydroxylation is 1. The number of carbonyl (C=O) groups excluding carboxylic acids is 1. The highest BCUT2D eigenvalue weighted by Crippen LogP contribution is 2.60. The Kier molecular flexibility index (Phi) is 5.40. The SMILES string of the molecule is CC(=O)Cc1cc2nc(-c3nn(COCC[Si](C)(C)C)c4c3C[C@@H]3C[C@]3(C)C4)[nH]c2cc1C. The number of imidazole rings is 1. The van der Waals surface area contributed by atoms with Gasteiger partial charge in [0, 0.05) is 32.4 Å². The summed E-state index contributed by atoms with van der Waals surface area (Å²) in [5.41, 5.74) is 8.11. The van der Waals surface area contributed by atoms with Crippen molar-refractivity contribution in [1.29, 1.82) is 0 Å². The molecular formula is C26H36N4O2Si. The predicted molar refractivity (Wildman–Crippen MR) is 134 cm³/mol. The van der Waals surface area contributed by atoms with Gasteiger partial charge in [0.15, 0.2) is 5.82 Å². The van der Waals surface area contributed by atoms with Gasteiger partial charge in [-0.15, -0.1) is 0 Å². The normalized spacial score (nSPS) is 21.8. The standard InChI is InChI=1S/C26H36N4O2Si/c1-16-9-21-22(11-18(16)10-17(2)31)28-25(27-21)24-20-12-19-13-26(19,3)14-23(20)30(29-24)15-32-7-8-33(4,5)6/h9,11,19H,7-8,10,12-15H2,1-6H3,(H,27,28)/t19-,26-/m1/s1. The monoisotopic (exact) mass is 464 g/mol. The fourth-order valence-electron chi connectivity index (χ4n) is 5.22. The summed E-state index contributed by atoms with van der Waals surface area (Å²) in [5, 5.41) is 5.03. The number of H-pyrrole nitrogens is 1. The van der Waals surface area contributed by atoms with Gasteiger partial charge in [0.2, 0.25) is 0 Å². The molecule has 0 saturated heterocycles. The minimum Gasteiger partial charge on any atom is -0.360 e. The summed E-state index contributed by atoms with van der Waals surface area (Å²) < 4.78 is 8.18. The molecule has 5 rings (SSSR count). The molecule has 7 heteroatoms. The van der Waals surface area contributed by atoms with E-state index in [4.69, 9.17) is 14.8 Å². The maximum absolute atomic E-state index is 11.7. The third-order valence-electron chi connectivity index (χ3n) is 7.54. The maximum atomic E-state index is 11.7. The molecule has 176 valence electrons. The Balaban J connectivity index is 1.48. The van der Waals surface area contributed by atoms with E-state index in [-0.39, 0.29) is 5.78 Å². The number of carbonyl (C=O) groups is 1. The minimum absolute atomic E-state index is 0.169. The molecule has 1 aromatic carbocycles. The molecule has 33 heavy (non-hydrogen) atoms. The van der Waals surface area contributed by atoms with E-state index in [0.717, 1.165) is 65.1 Å². The van der Waals surface area contributed by atoms with Crippen LogP contribution in [0.4, 0.5) is 0 Å². The molecule has 2 aliphatic rings. The van der Waals surface area contributed by atoms with Gasteiger partial charge in [-0.05, 0) is 73.7 Å². The Morgan fingerprint density at radius 3 is 2.85 bits per heavy atom. The van der Waals surface area contributed by atoms with Crippen LogP contribution in [0.25, 0.3) is 22.6 Å². The third kappa shape index (κ3) is 4.45. The second kappa shape index (κ2) is 7.91. The van der Waals surface area contributed by atoms with Gasteiger partial charge in [-0.2, -0.15) is 5.10 Å². The van der Waals surface area contributed by atoms with Crippen molar-refractivity contribution in [2.45, 2.75) is 78.9 Å². The number of nitrogens with zero attached hydrogens (tertiary/aromatic N) is 3. The van der Waals surface area contributed by atoms with Crippen LogP contribution in [-0.4, -0.2) is 40.2 Å². The highest BCUT2D eigenvalue weighted by atomic mass is 28.3. The molecule has 3 aromatic rings. The Bertz CT molecular complexity index is 1240. The van der Waals surface area contributed by atoms with E-state index in [9.17, 15) is 4.79 Å². The molecule has 1 saturated carbocycles. The van der Waals surface area contributed by atoms with Crippen molar-refractivity contribution in [3.63, 3.8) is 0 Å². The first-order valence-electron chi connectivity index (χ1n) is 12.2. The highest BCUT2D eigenvalue weighted by Gasteiger charge is 2.54. The number of rotatable bonds is 8. The van der Waals surface area contributed by atoms with E-state index in [1.54, 1.807) is 6.92 Å². The molecule has 2 aliphatic carbocycles. The number of fused-ring (bicyclic) bond motifs is 3. The number of nitrogens with one attached hydrogen (secondary N) is 1. The molecule has 2 heterocycles. The maximum Gasteiger partial charge on any atom is 0.159 e. The highest BCUT2D eigenvalue weighted by molar-refractivity contribution is 6.76. The zero-order valence-corrected chi connectivity index (χ0v) is 21.8. The van der Waals surface area contributed by atoms with Gasteiger partial charge in [0.1, 0.15) is 18.2 Å². The van der Waals surface area contributed by atoms with Crippen molar-refractivity contribution in [3.8, 4) is 11.5 Å². The lowest BCUT2D eigenvalue weighted by Crippen LogP contribution is -2.23. The molecule has 0 aliphatic heterocycles. The number of ketones is 1. The number of Topliss-reactive ketones (excluding diaryl/α,β-unsaturated/α-hetero) is 1. The summed E-state index contributed by atoms with van der Waals surface area (Å²) >= 11 is 0. The minimum atomic E-state index is -1.12. The van der Waals surface area contributed by atoms with Crippen molar-refractivity contribution >= 4 is 24.9 Å². The molecule has 6 nitrogen and oxygen atoms in total. The van der Waals surface area contributed by atoms with Crippen molar-refractivity contribution < 1.29 is 9.53 Å². The van der Waals surface area contributed by atoms with Crippen LogP contribution in [0, 0.1) is 18.3 Å². The number of hydrogen-bond donors (Lipinski definition) is 1. The van der Waals surface area contributed by atoms with Crippen molar-refractivity contribution in [3.05, 3.63) is 34.5 Å². The molecule has 1 fully saturated rings. The summed E-state index contributed by atoms with van der Waals surface area (Å²) in [7, 11) is -1.12. The topological polar surface area (TPSA) is 72.8 Å². The largest absolute Gasteiger partial charge is 0.360 e. The van der Waals surface area contributed by atoms with E-state index >= 15 is 0 Å². The predicted octanol–water partition coefficient (Wildman–Crippen LogP) is 5.30. The first-order chi connectivity index (χ1) is 15.5. The van der Waals surface area contributed by atoms with E-state index in [1.807, 2.05) is 6.07 Å². The Hall–Kier alpha value is -2.25. The number of ether oxygens (including phenoxy) is 1. The first-order valence-corrected chi connectivity index (χ1v) is 15.9. The number of aromatic nitrogens is 4. The third-order valence-corrected chi connectivity index (χ3v) is 9.24. The molecule has 0 radical (unpaired) electrons. The second-order valence-electron chi connectivity index (χ2n) is 11.8. The van der Waals surface area contributed by atoms with Crippen LogP contribution in [0.3, 0.4) is 0 Å². The summed E-state index contributed by atoms with van der Waals surface area (Å²) in [6, 6.07) is 5.31. The fraction of sp³-hybridized carbons (Fsp3) is 0.577. The summed E-state index contributed by atoms with van der Waals surface area (Å²) in [5.74, 6) is 1.75. The molecule has 2 aromatic heterocycles. The van der Waals surface area contributed by atoms with Gasteiger partial charge in [-0.3, -0.25) is 4.79 Å². The summed E-state index contributed by atoms with van der Waals surface area (Å²) in [6.07, 6.45) is 3.88. The van der Waals surface area contributed by atoms with Crippen LogP contribution in [0.5, 0.6) is 0 Å². The van der Waals surface area contributed by atoms with Gasteiger partial charge in [-0.1, -0.05) is 26.6 Å². The van der Waals surface area contributed by atoms with E-state index in [2.05, 4.69) is 49.2 Å². The van der Waals surface area contributed by atoms with E-state index in [1.165, 1.54) is 17.7 Å². The second-order valence-corrected chi connectivity index (χ2v) is 17.4. The molecule has 0 amide bonds. The molecule has 0 bridgehead atoms. The summed E-state index contributed by atoms with van der Waals surface area (Å²) in [6.45, 7) is 14.5. The molecule has 2 atom stereocenters. The van der Waals surface area contributed by atoms with Gasteiger partial charge < -0.3 is 9.72 Å². The van der Waals surface area contributed by atoms with E-state index < -0.39 is 8.07 Å². The van der Waals surface area contributed by atoms with Gasteiger partial charge in [-0.25, -0.2) is 9.67 Å². The van der Waals surface area contributed by atoms with Crippen LogP contribution in [0.1, 0.15) is 42.7 Å². The molecule has 0 unspecified atom stereocenters. The Labute approximate surface area is 197 Å².